The molecule has 0 aliphatic rings. The SMILES string of the molecule is CS(=O)(=O)c1cccc(-c2ccc(C(/C=C(\N)C(F)(F)F)=Nc3cccc(Oc4ccccc4)c3)s2)c1. The van der Waals surface area contributed by atoms with Gasteiger partial charge in [0.15, 0.2) is 9.84 Å². The summed E-state index contributed by atoms with van der Waals surface area (Å²) in [5.41, 5.74) is 5.02. The van der Waals surface area contributed by atoms with Crippen LogP contribution in [0, 0.1) is 0 Å². The molecule has 0 spiro atoms. The number of para-hydroxylation sites is 1. The fourth-order valence-corrected chi connectivity index (χ4v) is 4.91. The molecule has 0 bridgehead atoms. The molecule has 0 radical (unpaired) electrons. The van der Waals surface area contributed by atoms with Crippen LogP contribution in [0.3, 0.4) is 0 Å². The van der Waals surface area contributed by atoms with Gasteiger partial charge in [-0.2, -0.15) is 13.2 Å². The molecule has 3 aromatic carbocycles. The Labute approximate surface area is 216 Å². The lowest BCUT2D eigenvalue weighted by Gasteiger charge is -2.08. The highest BCUT2D eigenvalue weighted by Gasteiger charge is 2.32. The number of nitrogens with two attached hydrogens (primary N) is 1. The molecule has 4 aromatic rings. The lowest BCUT2D eigenvalue weighted by Crippen LogP contribution is -2.20. The normalized spacial score (nSPS) is 13.0. The first-order chi connectivity index (χ1) is 17.5. The number of hydrogen-bond acceptors (Lipinski definition) is 6. The van der Waals surface area contributed by atoms with E-state index in [9.17, 15) is 21.6 Å². The van der Waals surface area contributed by atoms with Gasteiger partial charge in [-0.1, -0.05) is 36.4 Å². The van der Waals surface area contributed by atoms with E-state index in [1.165, 1.54) is 23.5 Å². The molecule has 5 nitrogen and oxygen atoms in total. The van der Waals surface area contributed by atoms with Gasteiger partial charge in [0.2, 0.25) is 0 Å². The maximum Gasteiger partial charge on any atom is 0.430 e. The molecule has 1 aromatic heterocycles. The van der Waals surface area contributed by atoms with Gasteiger partial charge in [-0.05, 0) is 60.2 Å². The highest BCUT2D eigenvalue weighted by atomic mass is 32.2. The lowest BCUT2D eigenvalue weighted by molar-refractivity contribution is -0.0925. The zero-order chi connectivity index (χ0) is 26.6. The van der Waals surface area contributed by atoms with Crippen molar-refractivity contribution in [3.8, 4) is 21.9 Å². The topological polar surface area (TPSA) is 81.8 Å². The minimum atomic E-state index is -4.73. The van der Waals surface area contributed by atoms with Crippen molar-refractivity contribution in [2.75, 3.05) is 6.26 Å². The maximum absolute atomic E-state index is 13.3. The van der Waals surface area contributed by atoms with Crippen molar-refractivity contribution in [2.24, 2.45) is 10.7 Å². The average molecular weight is 543 g/mol. The number of nitrogens with zero attached hydrogens (tertiary/aromatic N) is 1. The van der Waals surface area contributed by atoms with Crippen molar-refractivity contribution in [3.05, 3.63) is 108 Å². The summed E-state index contributed by atoms with van der Waals surface area (Å²) in [5, 5.41) is 0. The van der Waals surface area contributed by atoms with Crippen LogP contribution in [-0.2, 0) is 9.84 Å². The van der Waals surface area contributed by atoms with Crippen LogP contribution in [-0.4, -0.2) is 26.6 Å². The summed E-state index contributed by atoms with van der Waals surface area (Å²) in [5.74, 6) is 1.06. The Hall–Kier alpha value is -3.89. The Morgan fingerprint density at radius 2 is 1.62 bits per heavy atom. The maximum atomic E-state index is 13.3. The predicted molar refractivity (Wildman–Crippen MR) is 140 cm³/mol. The molecule has 0 saturated carbocycles. The van der Waals surface area contributed by atoms with E-state index in [2.05, 4.69) is 4.99 Å². The Morgan fingerprint density at radius 1 is 0.919 bits per heavy atom. The molecule has 0 saturated heterocycles. The summed E-state index contributed by atoms with van der Waals surface area (Å²) in [6.45, 7) is 0. The fourth-order valence-electron chi connectivity index (χ4n) is 3.28. The molecule has 0 unspecified atom stereocenters. The van der Waals surface area contributed by atoms with Crippen molar-refractivity contribution in [1.29, 1.82) is 0 Å². The van der Waals surface area contributed by atoms with Gasteiger partial charge < -0.3 is 10.5 Å². The van der Waals surface area contributed by atoms with Crippen molar-refractivity contribution >= 4 is 32.6 Å². The highest BCUT2D eigenvalue weighted by molar-refractivity contribution is 7.90. The third-order valence-corrected chi connectivity index (χ3v) is 7.34. The third kappa shape index (κ3) is 6.87. The average Bonchev–Trinajstić information content (AvgIpc) is 3.34. The van der Waals surface area contributed by atoms with E-state index in [4.69, 9.17) is 10.5 Å². The quantitative estimate of drug-likeness (QED) is 0.252. The van der Waals surface area contributed by atoms with Crippen LogP contribution in [0.25, 0.3) is 10.4 Å². The minimum absolute atomic E-state index is 0.00204. The van der Waals surface area contributed by atoms with Gasteiger partial charge in [-0.3, -0.25) is 0 Å². The summed E-state index contributed by atoms with van der Waals surface area (Å²) in [6, 6.07) is 25.3. The van der Waals surface area contributed by atoms with Gasteiger partial charge >= 0.3 is 6.18 Å². The van der Waals surface area contributed by atoms with E-state index in [-0.39, 0.29) is 10.6 Å². The molecule has 4 rings (SSSR count). The first kappa shape index (κ1) is 26.2. The van der Waals surface area contributed by atoms with Crippen LogP contribution >= 0.6 is 11.3 Å². The van der Waals surface area contributed by atoms with Gasteiger partial charge in [-0.15, -0.1) is 11.3 Å². The number of thiophene rings is 1. The molecule has 1 heterocycles. The van der Waals surface area contributed by atoms with Crippen molar-refractivity contribution in [2.45, 2.75) is 11.1 Å². The van der Waals surface area contributed by atoms with E-state index in [0.717, 1.165) is 12.3 Å². The summed E-state index contributed by atoms with van der Waals surface area (Å²) in [7, 11) is -3.42. The third-order valence-electron chi connectivity index (χ3n) is 5.07. The molecule has 0 aliphatic carbocycles. The molecule has 0 amide bonds. The molecule has 190 valence electrons. The van der Waals surface area contributed by atoms with Crippen molar-refractivity contribution in [3.63, 3.8) is 0 Å². The first-order valence-corrected chi connectivity index (χ1v) is 13.6. The molecule has 0 aliphatic heterocycles. The van der Waals surface area contributed by atoms with Gasteiger partial charge in [0.1, 0.15) is 17.2 Å². The van der Waals surface area contributed by atoms with E-state index < -0.39 is 21.7 Å². The number of benzene rings is 3. The smallest absolute Gasteiger partial charge is 0.430 e. The van der Waals surface area contributed by atoms with Crippen LogP contribution in [0.1, 0.15) is 4.88 Å². The largest absolute Gasteiger partial charge is 0.457 e. The monoisotopic (exact) mass is 542 g/mol. The van der Waals surface area contributed by atoms with Crippen molar-refractivity contribution in [1.82, 2.24) is 0 Å². The van der Waals surface area contributed by atoms with E-state index in [1.54, 1.807) is 60.7 Å². The molecule has 10 heteroatoms. The molecule has 0 atom stereocenters. The Morgan fingerprint density at radius 3 is 2.32 bits per heavy atom. The van der Waals surface area contributed by atoms with Crippen LogP contribution in [0.4, 0.5) is 18.9 Å². The second-order valence-corrected chi connectivity index (χ2v) is 11.1. The number of ether oxygens (including phenoxy) is 1. The Bertz CT molecular complexity index is 1580. The summed E-state index contributed by atoms with van der Waals surface area (Å²) in [6.07, 6.45) is -2.84. The number of hydrogen-bond donors (Lipinski definition) is 1. The van der Waals surface area contributed by atoms with Crippen LogP contribution < -0.4 is 10.5 Å². The van der Waals surface area contributed by atoms with Gasteiger partial charge in [-0.25, -0.2) is 13.4 Å². The number of halogens is 3. The van der Waals surface area contributed by atoms with Gasteiger partial charge in [0.05, 0.1) is 21.2 Å². The minimum Gasteiger partial charge on any atom is -0.457 e. The summed E-state index contributed by atoms with van der Waals surface area (Å²) < 4.78 is 69.5. The van der Waals surface area contributed by atoms with E-state index in [0.29, 0.717) is 32.5 Å². The molecule has 37 heavy (non-hydrogen) atoms. The number of rotatable bonds is 7. The Kier molecular flexibility index (Phi) is 7.51. The zero-order valence-corrected chi connectivity index (χ0v) is 21.1. The fraction of sp³-hybridized carbons (Fsp3) is 0.0741. The van der Waals surface area contributed by atoms with Crippen LogP contribution in [0.2, 0.25) is 0 Å². The van der Waals surface area contributed by atoms with Gasteiger partial charge in [0, 0.05) is 17.2 Å². The second kappa shape index (κ2) is 10.6. The number of allylic oxidation sites excluding steroid dienone is 2. The predicted octanol–water partition coefficient (Wildman–Crippen LogP) is 7.14. The lowest BCUT2D eigenvalue weighted by atomic mass is 10.2. The molecular weight excluding hydrogens is 521 g/mol. The van der Waals surface area contributed by atoms with Crippen LogP contribution in [0.15, 0.2) is 113 Å². The Balaban J connectivity index is 1.74. The first-order valence-electron chi connectivity index (χ1n) is 10.9. The van der Waals surface area contributed by atoms with Gasteiger partial charge in [0.25, 0.3) is 0 Å². The standard InChI is InChI=1S/C27H21F3N2O3S2/c1-37(33,34)22-12-5-7-18(15-22)24-13-14-25(36-24)23(17-26(31)27(28,29)30)32-19-8-6-11-21(16-19)35-20-9-3-2-4-10-20/h2-17H,31H2,1H3/b26-17-,32-23?. The van der Waals surface area contributed by atoms with Crippen molar-refractivity contribution < 1.29 is 26.3 Å². The highest BCUT2D eigenvalue weighted by Crippen LogP contribution is 2.33. The number of sulfone groups is 1. The summed E-state index contributed by atoms with van der Waals surface area (Å²) >= 11 is 1.17. The van der Waals surface area contributed by atoms with E-state index in [1.807, 2.05) is 18.2 Å². The van der Waals surface area contributed by atoms with Crippen LogP contribution in [0.5, 0.6) is 11.5 Å². The number of aliphatic imine (C=N–C) groups is 1. The molecule has 0 fully saturated rings. The second-order valence-electron chi connectivity index (χ2n) is 7.97. The summed E-state index contributed by atoms with van der Waals surface area (Å²) in [4.78, 5) is 5.67. The molecular formula is C27H21F3N2O3S2. The molecule has 2 N–H and O–H groups in total. The zero-order valence-electron chi connectivity index (χ0n) is 19.4. The van der Waals surface area contributed by atoms with E-state index >= 15 is 0 Å². The number of alkyl halides is 3.